The first-order chi connectivity index (χ1) is 6.58. The van der Waals surface area contributed by atoms with Gasteiger partial charge in [-0.25, -0.2) is 0 Å². The van der Waals surface area contributed by atoms with E-state index in [9.17, 15) is 0 Å². The molecule has 1 aliphatic rings. The van der Waals surface area contributed by atoms with Crippen LogP contribution in [0.25, 0.3) is 0 Å². The Hall–Kier alpha value is -0.0800. The number of rotatable bonds is 4. The molecule has 0 aromatic carbocycles. The van der Waals surface area contributed by atoms with Gasteiger partial charge in [0.25, 0.3) is 0 Å². The Morgan fingerprint density at radius 2 is 1.93 bits per heavy atom. The first-order valence-corrected chi connectivity index (χ1v) is 5.82. The van der Waals surface area contributed by atoms with E-state index in [0.29, 0.717) is 12.5 Å². The largest absolute Gasteiger partial charge is 0.394 e. The van der Waals surface area contributed by atoms with Crippen LogP contribution >= 0.6 is 0 Å². The van der Waals surface area contributed by atoms with Gasteiger partial charge in [0.1, 0.15) is 0 Å². The molecule has 84 valence electrons. The minimum atomic E-state index is -0.0669. The molecule has 1 fully saturated rings. The van der Waals surface area contributed by atoms with Crippen molar-refractivity contribution >= 4 is 0 Å². The molecule has 0 saturated heterocycles. The molecule has 0 spiro atoms. The fourth-order valence-corrected chi connectivity index (χ4v) is 2.76. The molecule has 0 heterocycles. The summed E-state index contributed by atoms with van der Waals surface area (Å²) in [6.07, 6.45) is 5.31. The van der Waals surface area contributed by atoms with E-state index < -0.39 is 0 Å². The van der Waals surface area contributed by atoms with E-state index in [1.165, 1.54) is 25.7 Å². The summed E-state index contributed by atoms with van der Waals surface area (Å²) in [6.45, 7) is 7.25. The second kappa shape index (κ2) is 5.13. The van der Waals surface area contributed by atoms with Gasteiger partial charge in [0.05, 0.1) is 18.8 Å². The van der Waals surface area contributed by atoms with Crippen LogP contribution in [0, 0.1) is 11.8 Å². The van der Waals surface area contributed by atoms with Crippen LogP contribution in [0.1, 0.15) is 46.5 Å². The van der Waals surface area contributed by atoms with Crippen LogP contribution in [0.15, 0.2) is 0 Å². The lowest BCUT2D eigenvalue weighted by Gasteiger charge is -2.41. The SMILES string of the molecule is CC1CCCCC1C(C)(C)OCCO. The lowest BCUT2D eigenvalue weighted by molar-refractivity contribution is -0.0936. The third kappa shape index (κ3) is 2.96. The molecule has 0 radical (unpaired) electrons. The molecule has 2 heteroatoms. The minimum absolute atomic E-state index is 0.0669. The van der Waals surface area contributed by atoms with E-state index in [1.54, 1.807) is 0 Å². The van der Waals surface area contributed by atoms with Crippen LogP contribution in [0.4, 0.5) is 0 Å². The highest BCUT2D eigenvalue weighted by molar-refractivity contribution is 4.85. The monoisotopic (exact) mass is 200 g/mol. The zero-order chi connectivity index (χ0) is 10.6. The smallest absolute Gasteiger partial charge is 0.0705 e. The van der Waals surface area contributed by atoms with Crippen LogP contribution in [0.5, 0.6) is 0 Å². The second-order valence-corrected chi connectivity index (χ2v) is 5.04. The highest BCUT2D eigenvalue weighted by atomic mass is 16.5. The fourth-order valence-electron chi connectivity index (χ4n) is 2.76. The highest BCUT2D eigenvalue weighted by Gasteiger charge is 2.35. The van der Waals surface area contributed by atoms with Crippen molar-refractivity contribution in [2.75, 3.05) is 13.2 Å². The molecule has 1 rings (SSSR count). The molecule has 0 aliphatic heterocycles. The Kier molecular flexibility index (Phi) is 4.39. The number of aliphatic hydroxyl groups is 1. The van der Waals surface area contributed by atoms with E-state index >= 15 is 0 Å². The summed E-state index contributed by atoms with van der Waals surface area (Å²) < 4.78 is 5.74. The second-order valence-electron chi connectivity index (χ2n) is 5.04. The summed E-state index contributed by atoms with van der Waals surface area (Å²) in [6, 6.07) is 0. The molecule has 2 atom stereocenters. The van der Waals surface area contributed by atoms with Crippen molar-refractivity contribution in [1.82, 2.24) is 0 Å². The summed E-state index contributed by atoms with van der Waals surface area (Å²) in [7, 11) is 0. The molecule has 2 nitrogen and oxygen atoms in total. The molecule has 0 bridgehead atoms. The van der Waals surface area contributed by atoms with Gasteiger partial charge in [-0.2, -0.15) is 0 Å². The molecule has 0 aromatic rings. The van der Waals surface area contributed by atoms with E-state index in [2.05, 4.69) is 20.8 Å². The summed E-state index contributed by atoms with van der Waals surface area (Å²) in [5.41, 5.74) is -0.0669. The zero-order valence-electron chi connectivity index (χ0n) is 9.75. The van der Waals surface area contributed by atoms with Crippen LogP contribution in [-0.4, -0.2) is 23.9 Å². The molecule has 1 saturated carbocycles. The van der Waals surface area contributed by atoms with Gasteiger partial charge in [-0.05, 0) is 32.1 Å². The van der Waals surface area contributed by atoms with Gasteiger partial charge < -0.3 is 9.84 Å². The molecular weight excluding hydrogens is 176 g/mol. The lowest BCUT2D eigenvalue weighted by Crippen LogP contribution is -2.40. The van der Waals surface area contributed by atoms with Crippen molar-refractivity contribution in [3.05, 3.63) is 0 Å². The molecule has 14 heavy (non-hydrogen) atoms. The molecular formula is C12H24O2. The molecule has 0 amide bonds. The van der Waals surface area contributed by atoms with Crippen LogP contribution in [0.2, 0.25) is 0 Å². The van der Waals surface area contributed by atoms with Gasteiger partial charge in [-0.3, -0.25) is 0 Å². The van der Waals surface area contributed by atoms with Crippen molar-refractivity contribution in [2.24, 2.45) is 11.8 Å². The molecule has 2 unspecified atom stereocenters. The van der Waals surface area contributed by atoms with Crippen molar-refractivity contribution in [1.29, 1.82) is 0 Å². The Bertz CT molecular complexity index is 166. The maximum absolute atomic E-state index is 8.77. The van der Waals surface area contributed by atoms with Crippen molar-refractivity contribution in [3.63, 3.8) is 0 Å². The lowest BCUT2D eigenvalue weighted by atomic mass is 9.72. The average molecular weight is 200 g/mol. The van der Waals surface area contributed by atoms with Crippen molar-refractivity contribution in [3.8, 4) is 0 Å². The zero-order valence-corrected chi connectivity index (χ0v) is 9.75. The maximum Gasteiger partial charge on any atom is 0.0705 e. The van der Waals surface area contributed by atoms with Crippen LogP contribution in [-0.2, 0) is 4.74 Å². The summed E-state index contributed by atoms with van der Waals surface area (Å²) in [5.74, 6) is 1.42. The summed E-state index contributed by atoms with van der Waals surface area (Å²) in [4.78, 5) is 0. The van der Waals surface area contributed by atoms with Gasteiger partial charge in [0, 0.05) is 0 Å². The standard InChI is InChI=1S/C12H24O2/c1-10-6-4-5-7-11(10)12(2,3)14-9-8-13/h10-11,13H,4-9H2,1-3H3. The molecule has 1 aliphatic carbocycles. The van der Waals surface area contributed by atoms with E-state index in [4.69, 9.17) is 9.84 Å². The van der Waals surface area contributed by atoms with Crippen molar-refractivity contribution in [2.45, 2.75) is 52.1 Å². The number of hydrogen-bond donors (Lipinski definition) is 1. The quantitative estimate of drug-likeness (QED) is 0.756. The minimum Gasteiger partial charge on any atom is -0.394 e. The van der Waals surface area contributed by atoms with Gasteiger partial charge in [0.15, 0.2) is 0 Å². The van der Waals surface area contributed by atoms with Gasteiger partial charge in [-0.15, -0.1) is 0 Å². The molecule has 1 N–H and O–H groups in total. The fraction of sp³-hybridized carbons (Fsp3) is 1.00. The summed E-state index contributed by atoms with van der Waals surface area (Å²) in [5, 5.41) is 8.77. The first-order valence-electron chi connectivity index (χ1n) is 5.82. The number of hydrogen-bond acceptors (Lipinski definition) is 2. The predicted molar refractivity (Wildman–Crippen MR) is 58.2 cm³/mol. The predicted octanol–water partition coefficient (Wildman–Crippen LogP) is 2.60. The highest BCUT2D eigenvalue weighted by Crippen LogP contribution is 2.38. The molecule has 0 aromatic heterocycles. The topological polar surface area (TPSA) is 29.5 Å². The average Bonchev–Trinajstić information content (AvgIpc) is 2.15. The Morgan fingerprint density at radius 1 is 1.29 bits per heavy atom. The van der Waals surface area contributed by atoms with Gasteiger partial charge in [0.2, 0.25) is 0 Å². The third-order valence-electron chi connectivity index (χ3n) is 3.57. The van der Waals surface area contributed by atoms with E-state index in [1.807, 2.05) is 0 Å². The maximum atomic E-state index is 8.77. The number of aliphatic hydroxyl groups excluding tert-OH is 1. The van der Waals surface area contributed by atoms with Crippen LogP contribution < -0.4 is 0 Å². The van der Waals surface area contributed by atoms with E-state index in [-0.39, 0.29) is 12.2 Å². The summed E-state index contributed by atoms with van der Waals surface area (Å²) >= 11 is 0. The number of ether oxygens (including phenoxy) is 1. The Labute approximate surface area is 87.7 Å². The third-order valence-corrected chi connectivity index (χ3v) is 3.57. The van der Waals surface area contributed by atoms with Gasteiger partial charge >= 0.3 is 0 Å². The van der Waals surface area contributed by atoms with Crippen LogP contribution in [0.3, 0.4) is 0 Å². The normalized spacial score (nSPS) is 29.1. The van der Waals surface area contributed by atoms with Gasteiger partial charge in [-0.1, -0.05) is 26.2 Å². The first kappa shape index (κ1) is 12.0. The van der Waals surface area contributed by atoms with E-state index in [0.717, 1.165) is 5.92 Å². The van der Waals surface area contributed by atoms with Crippen molar-refractivity contribution < 1.29 is 9.84 Å². The Balaban J connectivity index is 2.50. The Morgan fingerprint density at radius 3 is 2.50 bits per heavy atom.